The fourth-order valence-electron chi connectivity index (χ4n) is 4.03. The highest BCUT2D eigenvalue weighted by Crippen LogP contribution is 2.28. The predicted molar refractivity (Wildman–Crippen MR) is 144 cm³/mol. The first-order chi connectivity index (χ1) is 16.7. The van der Waals surface area contributed by atoms with Gasteiger partial charge in [0.2, 0.25) is 0 Å². The Morgan fingerprint density at radius 3 is 2.18 bits per heavy atom. The second kappa shape index (κ2) is 12.3. The third-order valence-electron chi connectivity index (χ3n) is 5.83. The summed E-state index contributed by atoms with van der Waals surface area (Å²) in [6, 6.07) is 26.0. The van der Waals surface area contributed by atoms with E-state index in [-0.39, 0.29) is 0 Å². The number of ether oxygens (including phenoxy) is 2. The Morgan fingerprint density at radius 1 is 0.824 bits per heavy atom. The average Bonchev–Trinajstić information content (AvgIpc) is 2.88. The van der Waals surface area contributed by atoms with E-state index in [0.29, 0.717) is 11.7 Å². The fraction of sp³-hybridized carbons (Fsp3) is 0.296. The normalized spacial score (nSPS) is 13.9. The molecule has 1 aliphatic heterocycles. The molecule has 0 spiro atoms. The molecule has 178 valence electrons. The van der Waals surface area contributed by atoms with Crippen LogP contribution in [0.2, 0.25) is 0 Å². The number of methoxy groups -OCH3 is 1. The van der Waals surface area contributed by atoms with E-state index in [0.717, 1.165) is 62.0 Å². The Labute approximate surface area is 207 Å². The molecule has 6 nitrogen and oxygen atoms in total. The quantitative estimate of drug-likeness (QED) is 0.329. The van der Waals surface area contributed by atoms with Crippen molar-refractivity contribution in [2.45, 2.75) is 6.42 Å². The number of hydrogen-bond donors (Lipinski definition) is 2. The van der Waals surface area contributed by atoms with E-state index in [1.54, 1.807) is 7.11 Å². The molecule has 1 aliphatic rings. The highest BCUT2D eigenvalue weighted by atomic mass is 32.1. The maximum atomic E-state index is 5.94. The Morgan fingerprint density at radius 2 is 1.47 bits per heavy atom. The molecule has 0 atom stereocenters. The number of anilines is 3. The van der Waals surface area contributed by atoms with Crippen LogP contribution in [0.15, 0.2) is 78.9 Å². The maximum Gasteiger partial charge on any atom is 0.175 e. The fourth-order valence-corrected chi connectivity index (χ4v) is 4.27. The molecular formula is C27H32N4O2S. The van der Waals surface area contributed by atoms with Crippen molar-refractivity contribution in [2.75, 3.05) is 62.0 Å². The summed E-state index contributed by atoms with van der Waals surface area (Å²) in [5.41, 5.74) is 3.07. The summed E-state index contributed by atoms with van der Waals surface area (Å²) in [7, 11) is 1.73. The topological polar surface area (TPSA) is 49.0 Å². The van der Waals surface area contributed by atoms with E-state index in [4.69, 9.17) is 21.7 Å². The van der Waals surface area contributed by atoms with Gasteiger partial charge in [-0.05, 0) is 67.2 Å². The van der Waals surface area contributed by atoms with Gasteiger partial charge in [0, 0.05) is 44.1 Å². The molecule has 0 bridgehead atoms. The lowest BCUT2D eigenvalue weighted by Crippen LogP contribution is -2.46. The second-order valence-corrected chi connectivity index (χ2v) is 8.58. The number of rotatable bonds is 9. The Bertz CT molecular complexity index is 1040. The van der Waals surface area contributed by atoms with Gasteiger partial charge in [-0.3, -0.25) is 4.90 Å². The highest BCUT2D eigenvalue weighted by Gasteiger charge is 2.19. The molecule has 0 amide bonds. The van der Waals surface area contributed by atoms with Crippen LogP contribution in [0, 0.1) is 0 Å². The van der Waals surface area contributed by atoms with Gasteiger partial charge in [-0.1, -0.05) is 30.3 Å². The summed E-state index contributed by atoms with van der Waals surface area (Å²) in [6.07, 6.45) is 1.000. The van der Waals surface area contributed by atoms with Gasteiger partial charge in [0.1, 0.15) is 11.5 Å². The van der Waals surface area contributed by atoms with Crippen LogP contribution in [0.5, 0.6) is 11.5 Å². The number of piperazine rings is 1. The number of para-hydroxylation sites is 3. The molecule has 2 N–H and O–H groups in total. The van der Waals surface area contributed by atoms with Gasteiger partial charge in [0.05, 0.1) is 19.4 Å². The predicted octanol–water partition coefficient (Wildman–Crippen LogP) is 5.10. The van der Waals surface area contributed by atoms with Crippen LogP contribution in [0.3, 0.4) is 0 Å². The van der Waals surface area contributed by atoms with Crippen molar-refractivity contribution in [3.63, 3.8) is 0 Å². The van der Waals surface area contributed by atoms with E-state index in [2.05, 4.69) is 32.6 Å². The summed E-state index contributed by atoms with van der Waals surface area (Å²) in [5.74, 6) is 1.81. The Kier molecular flexibility index (Phi) is 8.60. The molecule has 1 heterocycles. The van der Waals surface area contributed by atoms with Crippen molar-refractivity contribution in [3.05, 3.63) is 78.9 Å². The lowest BCUT2D eigenvalue weighted by molar-refractivity contribution is 0.224. The molecule has 7 heteroatoms. The third kappa shape index (κ3) is 6.85. The molecule has 0 saturated carbocycles. The molecule has 0 aromatic heterocycles. The van der Waals surface area contributed by atoms with Gasteiger partial charge in [0.25, 0.3) is 0 Å². The van der Waals surface area contributed by atoms with Gasteiger partial charge in [-0.25, -0.2) is 0 Å². The van der Waals surface area contributed by atoms with Gasteiger partial charge in [-0.2, -0.15) is 0 Å². The Balaban J connectivity index is 1.13. The smallest absolute Gasteiger partial charge is 0.175 e. The highest BCUT2D eigenvalue weighted by molar-refractivity contribution is 7.80. The lowest BCUT2D eigenvalue weighted by atomic mass is 10.2. The van der Waals surface area contributed by atoms with Crippen LogP contribution in [-0.4, -0.2) is 56.5 Å². The van der Waals surface area contributed by atoms with Crippen molar-refractivity contribution in [2.24, 2.45) is 0 Å². The molecular weight excluding hydrogens is 444 g/mol. The zero-order valence-electron chi connectivity index (χ0n) is 19.6. The van der Waals surface area contributed by atoms with Crippen LogP contribution in [-0.2, 0) is 0 Å². The first-order valence-electron chi connectivity index (χ1n) is 11.7. The zero-order chi connectivity index (χ0) is 23.6. The minimum atomic E-state index is 0.561. The Hall–Kier alpha value is -3.29. The molecule has 34 heavy (non-hydrogen) atoms. The van der Waals surface area contributed by atoms with E-state index in [1.165, 1.54) is 5.69 Å². The standard InChI is InChI=1S/C27H32N4O2S/c1-32-26-11-6-5-10-25(26)31-19-17-30(18-20-31)16-7-21-33-24-14-12-23(13-15-24)29-27(34)28-22-8-3-2-4-9-22/h2-6,8-15H,7,16-21H2,1H3,(H2,28,29,34). The van der Waals surface area contributed by atoms with Crippen LogP contribution in [0.4, 0.5) is 17.1 Å². The van der Waals surface area contributed by atoms with Gasteiger partial charge in [0.15, 0.2) is 5.11 Å². The van der Waals surface area contributed by atoms with E-state index in [1.807, 2.05) is 66.7 Å². The monoisotopic (exact) mass is 476 g/mol. The molecule has 4 rings (SSSR count). The molecule has 1 fully saturated rings. The first kappa shape index (κ1) is 23.9. The average molecular weight is 477 g/mol. The summed E-state index contributed by atoms with van der Waals surface area (Å²) in [4.78, 5) is 4.91. The number of hydrogen-bond acceptors (Lipinski definition) is 5. The summed E-state index contributed by atoms with van der Waals surface area (Å²) in [6.45, 7) is 5.87. The number of thiocarbonyl (C=S) groups is 1. The van der Waals surface area contributed by atoms with Crippen molar-refractivity contribution >= 4 is 34.4 Å². The van der Waals surface area contributed by atoms with E-state index in [9.17, 15) is 0 Å². The van der Waals surface area contributed by atoms with Crippen LogP contribution in [0.25, 0.3) is 0 Å². The lowest BCUT2D eigenvalue weighted by Gasteiger charge is -2.36. The first-order valence-corrected chi connectivity index (χ1v) is 12.1. The zero-order valence-corrected chi connectivity index (χ0v) is 20.4. The van der Waals surface area contributed by atoms with E-state index >= 15 is 0 Å². The maximum absolute atomic E-state index is 5.94. The van der Waals surface area contributed by atoms with Crippen LogP contribution in [0.1, 0.15) is 6.42 Å². The SMILES string of the molecule is COc1ccccc1N1CCN(CCCOc2ccc(NC(=S)Nc3ccccc3)cc2)CC1. The minimum Gasteiger partial charge on any atom is -0.495 e. The van der Waals surface area contributed by atoms with Crippen molar-refractivity contribution in [1.82, 2.24) is 4.90 Å². The molecule has 0 unspecified atom stereocenters. The van der Waals surface area contributed by atoms with Gasteiger partial charge in [-0.15, -0.1) is 0 Å². The molecule has 3 aromatic carbocycles. The summed E-state index contributed by atoms with van der Waals surface area (Å²) >= 11 is 5.38. The van der Waals surface area contributed by atoms with Gasteiger partial charge < -0.3 is 25.0 Å². The molecule has 0 aliphatic carbocycles. The molecule has 3 aromatic rings. The summed E-state index contributed by atoms with van der Waals surface area (Å²) in [5, 5.41) is 6.93. The van der Waals surface area contributed by atoms with Crippen LogP contribution < -0.4 is 25.0 Å². The summed E-state index contributed by atoms with van der Waals surface area (Å²) < 4.78 is 11.5. The number of nitrogens with zero attached hydrogens (tertiary/aromatic N) is 2. The van der Waals surface area contributed by atoms with Crippen molar-refractivity contribution < 1.29 is 9.47 Å². The number of benzene rings is 3. The van der Waals surface area contributed by atoms with Gasteiger partial charge >= 0.3 is 0 Å². The van der Waals surface area contributed by atoms with Crippen LogP contribution >= 0.6 is 12.2 Å². The molecule has 0 radical (unpaired) electrons. The van der Waals surface area contributed by atoms with E-state index < -0.39 is 0 Å². The van der Waals surface area contributed by atoms with Crippen molar-refractivity contribution in [3.8, 4) is 11.5 Å². The number of nitrogens with one attached hydrogen (secondary N) is 2. The molecule has 1 saturated heterocycles. The second-order valence-electron chi connectivity index (χ2n) is 8.17. The third-order valence-corrected chi connectivity index (χ3v) is 6.03. The minimum absolute atomic E-state index is 0.561. The van der Waals surface area contributed by atoms with Crippen molar-refractivity contribution in [1.29, 1.82) is 0 Å². The largest absolute Gasteiger partial charge is 0.495 e.